The fourth-order valence-corrected chi connectivity index (χ4v) is 6.88. The molecule has 6 heteroatoms. The Morgan fingerprint density at radius 2 is 0.824 bits per heavy atom. The zero-order valence-electron chi connectivity index (χ0n) is 36.7. The first-order valence-electron chi connectivity index (χ1n) is 21.4. The van der Waals surface area contributed by atoms with Crippen molar-refractivity contribution in [1.82, 2.24) is 14.7 Å². The fraction of sp³-hybridized carbons (Fsp3) is 0.933. The molecule has 302 valence electrons. The SMILES string of the molecule is CC(C)(C)CCCCN1CCCCC1.CC(C)(C)CCCN1CCCCC1.CC(C)(C)CCN1CCCCC1.Cc1oc(=O)oc1CC(C)(C)C. The van der Waals surface area contributed by atoms with Crippen LogP contribution in [0.4, 0.5) is 0 Å². The molecule has 1 aromatic rings. The summed E-state index contributed by atoms with van der Waals surface area (Å²) in [5, 5.41) is 0. The quantitative estimate of drug-likeness (QED) is 0.224. The van der Waals surface area contributed by atoms with E-state index in [1.54, 1.807) is 6.92 Å². The highest BCUT2D eigenvalue weighted by atomic mass is 16.6. The van der Waals surface area contributed by atoms with Gasteiger partial charge in [0.15, 0.2) is 0 Å². The number of hydrogen-bond acceptors (Lipinski definition) is 6. The largest absolute Gasteiger partial charge is 0.519 e. The van der Waals surface area contributed by atoms with Crippen molar-refractivity contribution < 1.29 is 8.83 Å². The second kappa shape index (κ2) is 24.3. The Labute approximate surface area is 318 Å². The maximum Gasteiger partial charge on any atom is 0.519 e. The van der Waals surface area contributed by atoms with Gasteiger partial charge >= 0.3 is 5.82 Å². The van der Waals surface area contributed by atoms with Crippen LogP contribution in [0.5, 0.6) is 0 Å². The van der Waals surface area contributed by atoms with Gasteiger partial charge in [-0.1, -0.05) is 109 Å². The number of rotatable bonds is 10. The fourth-order valence-electron chi connectivity index (χ4n) is 6.88. The van der Waals surface area contributed by atoms with Gasteiger partial charge in [0, 0.05) is 6.42 Å². The first kappa shape index (κ1) is 47.9. The van der Waals surface area contributed by atoms with Crippen LogP contribution in [0.2, 0.25) is 0 Å². The first-order chi connectivity index (χ1) is 23.6. The maximum absolute atomic E-state index is 10.7. The molecule has 3 aliphatic rings. The van der Waals surface area contributed by atoms with Gasteiger partial charge in [-0.2, -0.15) is 0 Å². The van der Waals surface area contributed by atoms with Crippen molar-refractivity contribution in [2.45, 2.75) is 193 Å². The van der Waals surface area contributed by atoms with E-state index in [2.05, 4.69) is 97.8 Å². The molecule has 0 aliphatic carbocycles. The van der Waals surface area contributed by atoms with Gasteiger partial charge in [-0.3, -0.25) is 0 Å². The highest BCUT2D eigenvalue weighted by Gasteiger charge is 2.18. The lowest BCUT2D eigenvalue weighted by Gasteiger charge is -2.29. The lowest BCUT2D eigenvalue weighted by Crippen LogP contribution is -2.32. The number of unbranched alkanes of at least 4 members (excludes halogenated alkanes) is 1. The van der Waals surface area contributed by atoms with Gasteiger partial charge in [-0.25, -0.2) is 4.79 Å². The summed E-state index contributed by atoms with van der Waals surface area (Å²) in [6.07, 6.45) is 21.9. The van der Waals surface area contributed by atoms with E-state index < -0.39 is 5.82 Å². The molecule has 4 heterocycles. The number of nitrogens with zero attached hydrogens (tertiary/aromatic N) is 3. The Balaban J connectivity index is 0.000000341. The number of likely N-dealkylation sites (tertiary alicyclic amines) is 3. The lowest BCUT2D eigenvalue weighted by atomic mass is 9.90. The van der Waals surface area contributed by atoms with E-state index in [9.17, 15) is 4.79 Å². The normalized spacial score (nSPS) is 18.5. The average Bonchev–Trinajstić information content (AvgIpc) is 3.34. The zero-order chi connectivity index (χ0) is 38.6. The molecule has 0 unspecified atom stereocenters. The lowest BCUT2D eigenvalue weighted by molar-refractivity contribution is 0.196. The second-order valence-corrected chi connectivity index (χ2v) is 20.9. The van der Waals surface area contributed by atoms with E-state index in [1.807, 2.05) is 0 Å². The number of piperidine rings is 3. The van der Waals surface area contributed by atoms with Gasteiger partial charge in [-0.05, 0) is 158 Å². The minimum Gasteiger partial charge on any atom is -0.396 e. The van der Waals surface area contributed by atoms with Crippen LogP contribution in [0.1, 0.15) is 191 Å². The maximum atomic E-state index is 10.7. The van der Waals surface area contributed by atoms with E-state index in [0.717, 1.165) is 6.42 Å². The van der Waals surface area contributed by atoms with Crippen molar-refractivity contribution in [3.63, 3.8) is 0 Å². The van der Waals surface area contributed by atoms with Gasteiger partial charge < -0.3 is 23.5 Å². The van der Waals surface area contributed by atoms with Crippen LogP contribution in [0, 0.1) is 28.6 Å². The molecule has 0 saturated carbocycles. The molecule has 0 spiro atoms. The molecule has 4 rings (SSSR count). The molecule has 0 radical (unpaired) electrons. The highest BCUT2D eigenvalue weighted by molar-refractivity contribution is 5.02. The summed E-state index contributed by atoms with van der Waals surface area (Å²) in [6, 6.07) is 0. The first-order valence-corrected chi connectivity index (χ1v) is 21.4. The van der Waals surface area contributed by atoms with E-state index in [1.165, 1.54) is 155 Å². The van der Waals surface area contributed by atoms with Crippen LogP contribution in [-0.4, -0.2) is 73.6 Å². The third kappa shape index (κ3) is 29.0. The standard InChI is InChI=1S/C13H27N.C12H25N.C11H23N.C9H14O3/c1-13(2,3)9-5-8-12-14-10-6-4-7-11-14;1-12(2,3)8-7-11-13-9-5-4-6-10-13;1-11(2,3)7-10-12-8-5-4-6-9-12;1-6-7(5-9(2,3)4)12-8(10)11-6/h4-12H2,1-3H3;4-11H2,1-3H3;4-10H2,1-3H3;5H2,1-4H3. The van der Waals surface area contributed by atoms with Crippen molar-refractivity contribution in [1.29, 1.82) is 0 Å². The van der Waals surface area contributed by atoms with Gasteiger partial charge in [0.25, 0.3) is 0 Å². The molecule has 51 heavy (non-hydrogen) atoms. The number of aryl methyl sites for hydroxylation is 1. The molecular weight excluding hydrogens is 631 g/mol. The van der Waals surface area contributed by atoms with Crippen LogP contribution in [-0.2, 0) is 6.42 Å². The summed E-state index contributed by atoms with van der Waals surface area (Å²) in [7, 11) is 0. The molecule has 0 aromatic carbocycles. The van der Waals surface area contributed by atoms with Crippen molar-refractivity contribution >= 4 is 0 Å². The molecule has 0 bridgehead atoms. The summed E-state index contributed by atoms with van der Waals surface area (Å²) in [6.45, 7) is 41.1. The Morgan fingerprint density at radius 3 is 1.18 bits per heavy atom. The molecule has 3 fully saturated rings. The molecule has 0 N–H and O–H groups in total. The molecule has 3 saturated heterocycles. The Bertz CT molecular complexity index is 1030. The Morgan fingerprint density at radius 1 is 0.451 bits per heavy atom. The summed E-state index contributed by atoms with van der Waals surface area (Å²) in [4.78, 5) is 18.6. The molecule has 0 atom stereocenters. The molecule has 0 amide bonds. The van der Waals surface area contributed by atoms with Gasteiger partial charge in [0.05, 0.1) is 0 Å². The number of hydrogen-bond donors (Lipinski definition) is 0. The second-order valence-electron chi connectivity index (χ2n) is 20.9. The van der Waals surface area contributed by atoms with Crippen molar-refractivity contribution in [3.05, 3.63) is 22.1 Å². The Hall–Kier alpha value is -1.11. The van der Waals surface area contributed by atoms with E-state index in [0.29, 0.717) is 27.8 Å². The van der Waals surface area contributed by atoms with Crippen LogP contribution in [0.3, 0.4) is 0 Å². The van der Waals surface area contributed by atoms with E-state index >= 15 is 0 Å². The van der Waals surface area contributed by atoms with Crippen molar-refractivity contribution in [2.24, 2.45) is 21.7 Å². The minimum absolute atomic E-state index is 0.116. The Kier molecular flexibility index (Phi) is 22.9. The summed E-state index contributed by atoms with van der Waals surface area (Å²) in [5.74, 6) is 0.647. The van der Waals surface area contributed by atoms with Crippen molar-refractivity contribution in [2.75, 3.05) is 58.9 Å². The van der Waals surface area contributed by atoms with Crippen LogP contribution in [0.15, 0.2) is 13.6 Å². The summed E-state index contributed by atoms with van der Waals surface area (Å²) < 4.78 is 9.61. The highest BCUT2D eigenvalue weighted by Crippen LogP contribution is 2.24. The van der Waals surface area contributed by atoms with Crippen LogP contribution >= 0.6 is 0 Å². The van der Waals surface area contributed by atoms with Crippen molar-refractivity contribution in [3.8, 4) is 0 Å². The van der Waals surface area contributed by atoms with Gasteiger partial charge in [0.2, 0.25) is 0 Å². The monoisotopic (exact) mass is 720 g/mol. The van der Waals surface area contributed by atoms with Gasteiger partial charge in [0.1, 0.15) is 11.5 Å². The predicted molar refractivity (Wildman–Crippen MR) is 222 cm³/mol. The smallest absolute Gasteiger partial charge is 0.396 e. The summed E-state index contributed by atoms with van der Waals surface area (Å²) >= 11 is 0. The average molecular weight is 720 g/mol. The van der Waals surface area contributed by atoms with E-state index in [4.69, 9.17) is 8.83 Å². The third-order valence-electron chi connectivity index (χ3n) is 10.1. The molecule has 3 aliphatic heterocycles. The zero-order valence-corrected chi connectivity index (χ0v) is 36.7. The topological polar surface area (TPSA) is 53.1 Å². The molecule has 6 nitrogen and oxygen atoms in total. The van der Waals surface area contributed by atoms with Crippen LogP contribution < -0.4 is 5.82 Å². The van der Waals surface area contributed by atoms with Crippen LogP contribution in [0.25, 0.3) is 0 Å². The minimum atomic E-state index is -0.605. The third-order valence-corrected chi connectivity index (χ3v) is 10.1. The predicted octanol–water partition coefficient (Wildman–Crippen LogP) is 12.0. The summed E-state index contributed by atoms with van der Waals surface area (Å²) in [5.41, 5.74) is 1.68. The van der Waals surface area contributed by atoms with Gasteiger partial charge in [-0.15, -0.1) is 0 Å². The molecule has 1 aromatic heterocycles. The van der Waals surface area contributed by atoms with E-state index in [-0.39, 0.29) is 5.41 Å². The molecular formula is C45H89N3O3.